The molecule has 0 bridgehead atoms. The Morgan fingerprint density at radius 2 is 1.71 bits per heavy atom. The van der Waals surface area contributed by atoms with Gasteiger partial charge in [0.25, 0.3) is 10.0 Å². The van der Waals surface area contributed by atoms with Crippen LogP contribution >= 0.6 is 11.6 Å². The van der Waals surface area contributed by atoms with Gasteiger partial charge in [-0.3, -0.25) is 9.52 Å². The first-order valence-corrected chi connectivity index (χ1v) is 11.8. The van der Waals surface area contributed by atoms with Gasteiger partial charge in [-0.1, -0.05) is 47.5 Å². The van der Waals surface area contributed by atoms with E-state index in [-0.39, 0.29) is 10.8 Å². The first-order valence-electron chi connectivity index (χ1n) is 9.89. The van der Waals surface area contributed by atoms with Crippen molar-refractivity contribution < 1.29 is 13.2 Å². The normalized spacial score (nSPS) is 11.2. The number of amides is 1. The highest BCUT2D eigenvalue weighted by atomic mass is 35.5. The Hall–Kier alpha value is -2.83. The Kier molecular flexibility index (Phi) is 7.03. The second-order valence-corrected chi connectivity index (χ2v) is 9.69. The second kappa shape index (κ2) is 9.54. The lowest BCUT2D eigenvalue weighted by Gasteiger charge is -2.13. The van der Waals surface area contributed by atoms with E-state index >= 15 is 0 Å². The third-order valence-corrected chi connectivity index (χ3v) is 6.60. The van der Waals surface area contributed by atoms with Crippen LogP contribution in [0.25, 0.3) is 0 Å². The number of aryl methyl sites for hydroxylation is 4. The summed E-state index contributed by atoms with van der Waals surface area (Å²) in [4.78, 5) is 12.6. The molecular formula is C24H25ClN2O3S. The Bertz CT molecular complexity index is 1220. The molecule has 0 aliphatic carbocycles. The molecule has 3 aromatic rings. The van der Waals surface area contributed by atoms with Gasteiger partial charge in [-0.05, 0) is 74.2 Å². The summed E-state index contributed by atoms with van der Waals surface area (Å²) in [6.45, 7) is 5.89. The maximum Gasteiger partial charge on any atom is 0.261 e. The van der Waals surface area contributed by atoms with Crippen LogP contribution in [-0.2, 0) is 21.2 Å². The van der Waals surface area contributed by atoms with Gasteiger partial charge in [-0.2, -0.15) is 0 Å². The van der Waals surface area contributed by atoms with Gasteiger partial charge in [-0.15, -0.1) is 0 Å². The number of hydrogen-bond donors (Lipinski definition) is 2. The predicted molar refractivity (Wildman–Crippen MR) is 126 cm³/mol. The second-order valence-electron chi connectivity index (χ2n) is 7.57. The smallest absolute Gasteiger partial charge is 0.261 e. The van der Waals surface area contributed by atoms with E-state index in [0.29, 0.717) is 29.2 Å². The van der Waals surface area contributed by atoms with Crippen LogP contribution in [0.15, 0.2) is 65.6 Å². The number of nitrogens with one attached hydrogen (secondary N) is 2. The third kappa shape index (κ3) is 6.09. The van der Waals surface area contributed by atoms with Crippen molar-refractivity contribution in [3.63, 3.8) is 0 Å². The quantitative estimate of drug-likeness (QED) is 0.483. The van der Waals surface area contributed by atoms with Crippen LogP contribution in [0.4, 0.5) is 11.4 Å². The highest BCUT2D eigenvalue weighted by Crippen LogP contribution is 2.24. The molecule has 7 heteroatoms. The van der Waals surface area contributed by atoms with Crippen molar-refractivity contribution in [2.45, 2.75) is 38.5 Å². The lowest BCUT2D eigenvalue weighted by molar-refractivity contribution is -0.116. The molecule has 0 aliphatic heterocycles. The third-order valence-electron chi connectivity index (χ3n) is 4.99. The molecule has 3 aromatic carbocycles. The summed E-state index contributed by atoms with van der Waals surface area (Å²) in [5, 5.41) is 3.28. The van der Waals surface area contributed by atoms with Crippen LogP contribution in [0.3, 0.4) is 0 Å². The van der Waals surface area contributed by atoms with Crippen molar-refractivity contribution in [1.29, 1.82) is 0 Å². The highest BCUT2D eigenvalue weighted by molar-refractivity contribution is 7.92. The van der Waals surface area contributed by atoms with Crippen LogP contribution < -0.4 is 10.0 Å². The molecule has 0 aromatic heterocycles. The van der Waals surface area contributed by atoms with Crippen molar-refractivity contribution >= 4 is 38.9 Å². The fourth-order valence-electron chi connectivity index (χ4n) is 3.26. The monoisotopic (exact) mass is 456 g/mol. The molecule has 0 radical (unpaired) electrons. The molecule has 0 aliphatic rings. The number of benzene rings is 3. The number of anilines is 2. The molecular weight excluding hydrogens is 432 g/mol. The topological polar surface area (TPSA) is 75.3 Å². The molecule has 0 fully saturated rings. The summed E-state index contributed by atoms with van der Waals surface area (Å²) in [5.74, 6) is -0.166. The van der Waals surface area contributed by atoms with Crippen LogP contribution in [0.1, 0.15) is 28.7 Å². The fourth-order valence-corrected chi connectivity index (χ4v) is 4.52. The summed E-state index contributed by atoms with van der Waals surface area (Å²) in [7, 11) is -3.83. The molecule has 2 N–H and O–H groups in total. The van der Waals surface area contributed by atoms with Crippen LogP contribution in [0.5, 0.6) is 0 Å². The van der Waals surface area contributed by atoms with Gasteiger partial charge in [0.15, 0.2) is 0 Å². The van der Waals surface area contributed by atoms with Gasteiger partial charge >= 0.3 is 0 Å². The Morgan fingerprint density at radius 3 is 2.42 bits per heavy atom. The Morgan fingerprint density at radius 1 is 0.935 bits per heavy atom. The van der Waals surface area contributed by atoms with Gasteiger partial charge in [0.05, 0.1) is 10.6 Å². The van der Waals surface area contributed by atoms with Crippen molar-refractivity contribution in [3.8, 4) is 0 Å². The Labute approximate surface area is 188 Å². The fraction of sp³-hybridized carbons (Fsp3) is 0.208. The lowest BCUT2D eigenvalue weighted by Crippen LogP contribution is -2.16. The molecule has 0 atom stereocenters. The van der Waals surface area contributed by atoms with Gasteiger partial charge in [0.1, 0.15) is 0 Å². The minimum atomic E-state index is -3.83. The summed E-state index contributed by atoms with van der Waals surface area (Å²) in [5.41, 5.74) is 5.09. The Balaban J connectivity index is 1.72. The van der Waals surface area contributed by atoms with Crippen molar-refractivity contribution in [3.05, 3.63) is 87.9 Å². The van der Waals surface area contributed by atoms with Crippen LogP contribution in [0.2, 0.25) is 5.02 Å². The zero-order valence-corrected chi connectivity index (χ0v) is 19.3. The van der Waals surface area contributed by atoms with E-state index in [1.807, 2.05) is 32.9 Å². The van der Waals surface area contributed by atoms with E-state index in [9.17, 15) is 13.2 Å². The number of carbonyl (C=O) groups is 1. The van der Waals surface area contributed by atoms with Gasteiger partial charge in [0.2, 0.25) is 5.91 Å². The number of halogens is 1. The molecule has 162 valence electrons. The van der Waals surface area contributed by atoms with Crippen molar-refractivity contribution in [2.24, 2.45) is 0 Å². The van der Waals surface area contributed by atoms with Gasteiger partial charge < -0.3 is 5.32 Å². The van der Waals surface area contributed by atoms with Crippen LogP contribution in [0, 0.1) is 20.8 Å². The molecule has 0 unspecified atom stereocenters. The predicted octanol–water partition coefficient (Wildman–Crippen LogP) is 5.64. The van der Waals surface area contributed by atoms with Crippen LogP contribution in [-0.4, -0.2) is 14.3 Å². The lowest BCUT2D eigenvalue weighted by atomic mass is 10.0. The molecule has 31 heavy (non-hydrogen) atoms. The standard InChI is InChI=1S/C24H25ClN2O3S/c1-16-7-9-19(18(3)13-16)10-12-24(28)26-23-15-22(11-8-17(23)2)31(29,30)27-21-6-4-5-20(25)14-21/h4-9,11,13-15,27H,10,12H2,1-3H3,(H,26,28). The van der Waals surface area contributed by atoms with Crippen molar-refractivity contribution in [1.82, 2.24) is 0 Å². The summed E-state index contributed by atoms with van der Waals surface area (Å²) >= 11 is 5.93. The first kappa shape index (κ1) is 22.8. The van der Waals surface area contributed by atoms with E-state index in [0.717, 1.165) is 16.7 Å². The maximum absolute atomic E-state index is 12.8. The van der Waals surface area contributed by atoms with E-state index in [1.165, 1.54) is 23.8 Å². The summed E-state index contributed by atoms with van der Waals surface area (Å²) < 4.78 is 28.0. The number of rotatable bonds is 7. The molecule has 3 rings (SSSR count). The first-order chi connectivity index (χ1) is 14.6. The molecule has 1 amide bonds. The number of hydrogen-bond acceptors (Lipinski definition) is 3. The zero-order chi connectivity index (χ0) is 22.6. The number of sulfonamides is 1. The maximum atomic E-state index is 12.8. The average molecular weight is 457 g/mol. The minimum Gasteiger partial charge on any atom is -0.326 e. The van der Waals surface area contributed by atoms with E-state index in [4.69, 9.17) is 11.6 Å². The SMILES string of the molecule is Cc1ccc(CCC(=O)Nc2cc(S(=O)(=O)Nc3cccc(Cl)c3)ccc2C)c(C)c1. The van der Waals surface area contributed by atoms with E-state index in [2.05, 4.69) is 16.1 Å². The van der Waals surface area contributed by atoms with Crippen molar-refractivity contribution in [2.75, 3.05) is 10.0 Å². The average Bonchev–Trinajstić information content (AvgIpc) is 2.68. The molecule has 5 nitrogen and oxygen atoms in total. The summed E-state index contributed by atoms with van der Waals surface area (Å²) in [6, 6.07) is 17.3. The molecule has 0 saturated carbocycles. The zero-order valence-electron chi connectivity index (χ0n) is 17.7. The summed E-state index contributed by atoms with van der Waals surface area (Å²) in [6.07, 6.45) is 0.923. The van der Waals surface area contributed by atoms with Gasteiger partial charge in [-0.25, -0.2) is 8.42 Å². The molecule has 0 heterocycles. The van der Waals surface area contributed by atoms with Gasteiger partial charge in [0, 0.05) is 17.1 Å². The largest absolute Gasteiger partial charge is 0.326 e. The molecule has 0 saturated heterocycles. The highest BCUT2D eigenvalue weighted by Gasteiger charge is 2.17. The number of carbonyl (C=O) groups excluding carboxylic acids is 1. The van der Waals surface area contributed by atoms with E-state index in [1.54, 1.807) is 24.3 Å². The minimum absolute atomic E-state index is 0.0581. The van der Waals surface area contributed by atoms with E-state index < -0.39 is 10.0 Å². The molecule has 0 spiro atoms.